The van der Waals surface area contributed by atoms with Crippen LogP contribution in [0.1, 0.15) is 25.3 Å². The lowest BCUT2D eigenvalue weighted by atomic mass is 10.2. The first-order valence-electron chi connectivity index (χ1n) is 10.7. The van der Waals surface area contributed by atoms with Crippen molar-refractivity contribution in [1.82, 2.24) is 29.5 Å². The lowest BCUT2D eigenvalue weighted by molar-refractivity contribution is 0.242. The van der Waals surface area contributed by atoms with Gasteiger partial charge in [0.2, 0.25) is 11.7 Å². The zero-order chi connectivity index (χ0) is 23.8. The number of rotatable bonds is 6. The highest BCUT2D eigenvalue weighted by atomic mass is 35.5. The molecule has 0 spiro atoms. The largest absolute Gasteiger partial charge is 0.491 e. The number of ether oxygens (including phenoxy) is 1. The van der Waals surface area contributed by atoms with Gasteiger partial charge in [0.05, 0.1) is 18.0 Å². The first-order valence-corrected chi connectivity index (χ1v) is 11.1. The summed E-state index contributed by atoms with van der Waals surface area (Å²) in [7, 11) is 0. The van der Waals surface area contributed by atoms with Gasteiger partial charge in [-0.2, -0.15) is 10.1 Å². The lowest BCUT2D eigenvalue weighted by Gasteiger charge is -2.09. The maximum absolute atomic E-state index is 13.0. The van der Waals surface area contributed by atoms with E-state index in [1.807, 2.05) is 57.2 Å². The fourth-order valence-corrected chi connectivity index (χ4v) is 3.68. The summed E-state index contributed by atoms with van der Waals surface area (Å²) in [6.45, 7) is 5.95. The molecule has 0 fully saturated rings. The summed E-state index contributed by atoms with van der Waals surface area (Å²) in [6.07, 6.45) is 3.03. The Morgan fingerprint density at radius 1 is 1.15 bits per heavy atom. The summed E-state index contributed by atoms with van der Waals surface area (Å²) in [5.74, 6) is 1.48. The summed E-state index contributed by atoms with van der Waals surface area (Å²) >= 11 is 6.25. The number of halogens is 1. The molecule has 0 saturated carbocycles. The Morgan fingerprint density at radius 3 is 2.68 bits per heavy atom. The molecule has 34 heavy (non-hydrogen) atoms. The Hall–Kier alpha value is -3.98. The number of hydrogen-bond donors (Lipinski definition) is 0. The molecule has 3 heterocycles. The van der Waals surface area contributed by atoms with E-state index in [4.69, 9.17) is 20.9 Å². The van der Waals surface area contributed by atoms with Gasteiger partial charge >= 0.3 is 0 Å². The van der Waals surface area contributed by atoms with Gasteiger partial charge in [0.1, 0.15) is 24.0 Å². The van der Waals surface area contributed by atoms with E-state index in [0.717, 1.165) is 22.6 Å². The fraction of sp³-hybridized carbons (Fsp3) is 0.208. The maximum atomic E-state index is 13.0. The topological polar surface area (TPSA) is 101 Å². The Labute approximate surface area is 199 Å². The van der Waals surface area contributed by atoms with Crippen LogP contribution >= 0.6 is 11.6 Å². The van der Waals surface area contributed by atoms with Crippen molar-refractivity contribution in [2.75, 3.05) is 0 Å². The predicted octanol–water partition coefficient (Wildman–Crippen LogP) is 4.43. The molecule has 9 nitrogen and oxygen atoms in total. The van der Waals surface area contributed by atoms with E-state index >= 15 is 0 Å². The quantitative estimate of drug-likeness (QED) is 0.357. The summed E-state index contributed by atoms with van der Waals surface area (Å²) in [5.41, 5.74) is 2.64. The van der Waals surface area contributed by atoms with Crippen LogP contribution in [0.4, 0.5) is 0 Å². The van der Waals surface area contributed by atoms with E-state index in [-0.39, 0.29) is 18.2 Å². The highest BCUT2D eigenvalue weighted by molar-refractivity contribution is 6.31. The van der Waals surface area contributed by atoms with E-state index in [1.165, 1.54) is 17.1 Å². The smallest absolute Gasteiger partial charge is 0.264 e. The second-order valence-corrected chi connectivity index (χ2v) is 8.51. The van der Waals surface area contributed by atoms with Gasteiger partial charge in [-0.3, -0.25) is 9.36 Å². The Balaban J connectivity index is 1.40. The maximum Gasteiger partial charge on any atom is 0.264 e. The summed E-state index contributed by atoms with van der Waals surface area (Å²) < 4.78 is 14.0. The van der Waals surface area contributed by atoms with E-state index in [2.05, 4.69) is 20.2 Å². The molecular formula is C24H21ClN6O3. The molecule has 3 aromatic heterocycles. The minimum absolute atomic E-state index is 0.0882. The number of nitrogens with zero attached hydrogens (tertiary/aromatic N) is 6. The number of hydrogen-bond acceptors (Lipinski definition) is 7. The molecule has 0 amide bonds. The Bertz CT molecular complexity index is 1530. The molecule has 0 aliphatic rings. The van der Waals surface area contributed by atoms with E-state index in [1.54, 1.807) is 10.7 Å². The van der Waals surface area contributed by atoms with Crippen LogP contribution in [-0.2, 0) is 6.54 Å². The van der Waals surface area contributed by atoms with Crippen molar-refractivity contribution < 1.29 is 9.26 Å². The molecule has 0 unspecified atom stereocenters. The van der Waals surface area contributed by atoms with Gasteiger partial charge < -0.3 is 9.26 Å². The van der Waals surface area contributed by atoms with E-state index < -0.39 is 0 Å². The summed E-state index contributed by atoms with van der Waals surface area (Å²) in [4.78, 5) is 21.9. The van der Waals surface area contributed by atoms with Crippen LogP contribution in [0.5, 0.6) is 5.75 Å². The van der Waals surface area contributed by atoms with Crippen molar-refractivity contribution in [1.29, 1.82) is 0 Å². The van der Waals surface area contributed by atoms with Crippen LogP contribution < -0.4 is 10.3 Å². The zero-order valence-electron chi connectivity index (χ0n) is 18.8. The van der Waals surface area contributed by atoms with Crippen molar-refractivity contribution in [3.05, 3.63) is 81.8 Å². The average molecular weight is 477 g/mol. The Kier molecular flexibility index (Phi) is 5.62. The van der Waals surface area contributed by atoms with Crippen molar-refractivity contribution in [2.24, 2.45) is 0 Å². The third-order valence-corrected chi connectivity index (χ3v) is 5.62. The van der Waals surface area contributed by atoms with Crippen molar-refractivity contribution in [3.8, 4) is 22.8 Å². The van der Waals surface area contributed by atoms with Crippen LogP contribution in [0.25, 0.3) is 28.1 Å². The molecule has 2 aromatic carbocycles. The zero-order valence-corrected chi connectivity index (χ0v) is 19.5. The highest BCUT2D eigenvalue weighted by Crippen LogP contribution is 2.22. The third-order valence-electron chi connectivity index (χ3n) is 5.21. The molecule has 0 saturated heterocycles. The normalized spacial score (nSPS) is 11.4. The molecule has 0 aliphatic heterocycles. The summed E-state index contributed by atoms with van der Waals surface area (Å²) in [6, 6.07) is 13.0. The van der Waals surface area contributed by atoms with Crippen molar-refractivity contribution in [2.45, 2.75) is 33.4 Å². The number of aromatic nitrogens is 6. The first-order chi connectivity index (χ1) is 16.4. The molecule has 0 aliphatic carbocycles. The molecule has 172 valence electrons. The molecule has 10 heteroatoms. The van der Waals surface area contributed by atoms with E-state index in [0.29, 0.717) is 27.8 Å². The standard InChI is InChI=1S/C24H21ClN6O3/c1-14(2)33-18-8-5-16(6-9-18)22-28-21(34-29-22)12-30-13-26-23-19(24(30)32)11-27-31(23)17-7-4-15(3)20(25)10-17/h4-11,13-14H,12H2,1-3H3. The van der Waals surface area contributed by atoms with Gasteiger partial charge in [-0.1, -0.05) is 22.8 Å². The fourth-order valence-electron chi connectivity index (χ4n) is 3.50. The molecule has 0 atom stereocenters. The van der Waals surface area contributed by atoms with Gasteiger partial charge in [0.25, 0.3) is 5.56 Å². The third kappa shape index (κ3) is 4.17. The highest BCUT2D eigenvalue weighted by Gasteiger charge is 2.15. The molecular weight excluding hydrogens is 456 g/mol. The van der Waals surface area contributed by atoms with Crippen LogP contribution in [0.2, 0.25) is 5.02 Å². The minimum Gasteiger partial charge on any atom is -0.491 e. The number of aryl methyl sites for hydroxylation is 1. The molecule has 0 radical (unpaired) electrons. The average Bonchev–Trinajstić information content (AvgIpc) is 3.45. The predicted molar refractivity (Wildman–Crippen MR) is 127 cm³/mol. The molecule has 0 bridgehead atoms. The first kappa shape index (κ1) is 21.8. The second-order valence-electron chi connectivity index (χ2n) is 8.11. The SMILES string of the molecule is Cc1ccc(-n2ncc3c(=O)n(Cc4nc(-c5ccc(OC(C)C)cc5)no4)cnc32)cc1Cl. The number of fused-ring (bicyclic) bond motifs is 1. The summed E-state index contributed by atoms with van der Waals surface area (Å²) in [5, 5.41) is 9.36. The van der Waals surface area contributed by atoms with Crippen LogP contribution in [0.15, 0.2) is 64.3 Å². The van der Waals surface area contributed by atoms with Crippen molar-refractivity contribution in [3.63, 3.8) is 0 Å². The molecule has 0 N–H and O–H groups in total. The van der Waals surface area contributed by atoms with Gasteiger partial charge in [-0.05, 0) is 62.7 Å². The molecule has 5 aromatic rings. The Morgan fingerprint density at radius 2 is 1.94 bits per heavy atom. The van der Waals surface area contributed by atoms with Crippen LogP contribution in [0, 0.1) is 6.92 Å². The minimum atomic E-state index is -0.260. The lowest BCUT2D eigenvalue weighted by Crippen LogP contribution is -2.21. The van der Waals surface area contributed by atoms with Crippen molar-refractivity contribution >= 4 is 22.6 Å². The van der Waals surface area contributed by atoms with Crippen LogP contribution in [0.3, 0.4) is 0 Å². The second kappa shape index (κ2) is 8.75. The van der Waals surface area contributed by atoms with E-state index in [9.17, 15) is 4.79 Å². The van der Waals surface area contributed by atoms with Gasteiger partial charge in [0.15, 0.2) is 5.65 Å². The monoisotopic (exact) mass is 476 g/mol. The number of benzene rings is 2. The van der Waals surface area contributed by atoms with Crippen LogP contribution in [-0.4, -0.2) is 35.6 Å². The van der Waals surface area contributed by atoms with Gasteiger partial charge in [0, 0.05) is 10.6 Å². The van der Waals surface area contributed by atoms with Gasteiger partial charge in [-0.25, -0.2) is 9.67 Å². The molecule has 5 rings (SSSR count). The van der Waals surface area contributed by atoms with Gasteiger partial charge in [-0.15, -0.1) is 0 Å².